The molecule has 56 valence electrons. The van der Waals surface area contributed by atoms with E-state index in [1.807, 2.05) is 0 Å². The van der Waals surface area contributed by atoms with Crippen LogP contribution in [0, 0.1) is 0 Å². The molecule has 3 N–H and O–H groups in total. The third kappa shape index (κ3) is 5.72. The van der Waals surface area contributed by atoms with E-state index in [2.05, 4.69) is 4.74 Å². The molecule has 0 aromatic rings. The van der Waals surface area contributed by atoms with Crippen LogP contribution < -0.4 is 0 Å². The summed E-state index contributed by atoms with van der Waals surface area (Å²) >= 11 is 0. The van der Waals surface area contributed by atoms with Crippen LogP contribution in [0.5, 0.6) is 0 Å². The Bertz CT molecular complexity index is 64.0. The van der Waals surface area contributed by atoms with Gasteiger partial charge in [-0.25, -0.2) is 0 Å². The molecule has 0 spiro atoms. The van der Waals surface area contributed by atoms with Gasteiger partial charge in [0.1, 0.15) is 0 Å². The second-order valence-corrected chi connectivity index (χ2v) is 1.63. The van der Waals surface area contributed by atoms with Crippen LogP contribution >= 0.6 is 0 Å². The molecule has 1 atom stereocenters. The zero-order valence-electron chi connectivity index (χ0n) is 5.32. The van der Waals surface area contributed by atoms with Crippen molar-refractivity contribution in [1.82, 2.24) is 0 Å². The summed E-state index contributed by atoms with van der Waals surface area (Å²) in [7, 11) is 0. The minimum absolute atomic E-state index is 0.159. The maximum Gasteiger partial charge on any atom is 0.159 e. The lowest BCUT2D eigenvalue weighted by Gasteiger charge is -2.10. The average molecular weight is 136 g/mol. The van der Waals surface area contributed by atoms with Gasteiger partial charge < -0.3 is 20.1 Å². The summed E-state index contributed by atoms with van der Waals surface area (Å²) in [5, 5.41) is 25.2. The summed E-state index contributed by atoms with van der Waals surface area (Å²) < 4.78 is 4.59. The number of rotatable bonds is 4. The molecule has 0 fully saturated rings. The van der Waals surface area contributed by atoms with Gasteiger partial charge in [-0.2, -0.15) is 0 Å². The van der Waals surface area contributed by atoms with E-state index >= 15 is 0 Å². The first kappa shape index (κ1) is 8.84. The monoisotopic (exact) mass is 136 g/mol. The van der Waals surface area contributed by atoms with Crippen LogP contribution in [-0.4, -0.2) is 34.5 Å². The summed E-state index contributed by atoms with van der Waals surface area (Å²) in [4.78, 5) is 0. The summed E-state index contributed by atoms with van der Waals surface area (Å²) in [5.41, 5.74) is 0. The van der Waals surface area contributed by atoms with E-state index in [0.29, 0.717) is 6.61 Å². The summed E-state index contributed by atoms with van der Waals surface area (Å²) in [5.74, 6) is 0. The van der Waals surface area contributed by atoms with Gasteiger partial charge in [-0.1, -0.05) is 0 Å². The highest BCUT2D eigenvalue weighted by Gasteiger charge is 2.06. The fourth-order valence-electron chi connectivity index (χ4n) is 0.441. The molecule has 4 heteroatoms. The Hall–Kier alpha value is -0.160. The van der Waals surface area contributed by atoms with E-state index in [-0.39, 0.29) is 6.42 Å². The molecule has 0 amide bonds. The van der Waals surface area contributed by atoms with Crippen LogP contribution in [0.4, 0.5) is 0 Å². The van der Waals surface area contributed by atoms with E-state index in [9.17, 15) is 0 Å². The molecular weight excluding hydrogens is 124 g/mol. The van der Waals surface area contributed by atoms with Gasteiger partial charge >= 0.3 is 0 Å². The van der Waals surface area contributed by atoms with E-state index in [4.69, 9.17) is 15.3 Å². The molecule has 0 saturated heterocycles. The van der Waals surface area contributed by atoms with Gasteiger partial charge in [0.25, 0.3) is 0 Å². The molecule has 0 saturated carbocycles. The van der Waals surface area contributed by atoms with Crippen LogP contribution in [0.1, 0.15) is 13.3 Å². The first-order valence-corrected chi connectivity index (χ1v) is 2.82. The van der Waals surface area contributed by atoms with Gasteiger partial charge in [0, 0.05) is 13.0 Å². The molecule has 9 heavy (non-hydrogen) atoms. The Kier molecular flexibility index (Phi) is 4.61. The number of aliphatic hydroxyl groups excluding tert-OH is 2. The van der Waals surface area contributed by atoms with Crippen molar-refractivity contribution in [3.05, 3.63) is 0 Å². The quantitative estimate of drug-likeness (QED) is 0.435. The van der Waals surface area contributed by atoms with Crippen molar-refractivity contribution in [2.75, 3.05) is 6.61 Å². The Morgan fingerprint density at radius 1 is 1.33 bits per heavy atom. The van der Waals surface area contributed by atoms with E-state index < -0.39 is 12.6 Å². The molecule has 0 aromatic heterocycles. The molecule has 4 nitrogen and oxygen atoms in total. The molecule has 0 aromatic carbocycles. The highest BCUT2D eigenvalue weighted by atomic mass is 16.6. The van der Waals surface area contributed by atoms with Crippen LogP contribution in [0.2, 0.25) is 0 Å². The van der Waals surface area contributed by atoms with Crippen molar-refractivity contribution in [1.29, 1.82) is 0 Å². The molecule has 0 aliphatic carbocycles. The van der Waals surface area contributed by atoms with Crippen molar-refractivity contribution in [2.45, 2.75) is 25.9 Å². The Balaban J connectivity index is 3.15. The standard InChI is InChI=1S/C5H12O4/c1-2-9-5(8)3-4(6)7/h4-8H,2-3H2,1H3. The van der Waals surface area contributed by atoms with Gasteiger partial charge in [0.05, 0.1) is 0 Å². The van der Waals surface area contributed by atoms with Gasteiger partial charge in [-0.05, 0) is 6.92 Å². The molecule has 1 unspecified atom stereocenters. The number of ether oxygens (including phenoxy) is 1. The summed E-state index contributed by atoms with van der Waals surface area (Å²) in [6.45, 7) is 2.08. The number of hydrogen-bond acceptors (Lipinski definition) is 4. The SMILES string of the molecule is CCOC(O)CC(O)O. The topological polar surface area (TPSA) is 69.9 Å². The van der Waals surface area contributed by atoms with Crippen LogP contribution in [0.15, 0.2) is 0 Å². The highest BCUT2D eigenvalue weighted by Crippen LogP contribution is 1.95. The number of aliphatic hydroxyl groups is 3. The minimum atomic E-state index is -1.49. The summed E-state index contributed by atoms with van der Waals surface area (Å²) in [6, 6.07) is 0. The first-order chi connectivity index (χ1) is 4.16. The predicted molar refractivity (Wildman–Crippen MR) is 30.5 cm³/mol. The van der Waals surface area contributed by atoms with E-state index in [0.717, 1.165) is 0 Å². The molecule has 0 radical (unpaired) electrons. The number of hydrogen-bond donors (Lipinski definition) is 3. The predicted octanol–water partition coefficient (Wildman–Crippen LogP) is -0.958. The second-order valence-electron chi connectivity index (χ2n) is 1.63. The smallest absolute Gasteiger partial charge is 0.159 e. The van der Waals surface area contributed by atoms with Gasteiger partial charge in [0.2, 0.25) is 0 Å². The Morgan fingerprint density at radius 2 is 1.89 bits per heavy atom. The van der Waals surface area contributed by atoms with Crippen LogP contribution in [-0.2, 0) is 4.74 Å². The maximum atomic E-state index is 8.68. The largest absolute Gasteiger partial charge is 0.368 e. The molecule has 0 aliphatic heterocycles. The van der Waals surface area contributed by atoms with Crippen molar-refractivity contribution in [3.63, 3.8) is 0 Å². The maximum absolute atomic E-state index is 8.68. The normalized spacial score (nSPS) is 14.3. The lowest BCUT2D eigenvalue weighted by Crippen LogP contribution is -2.19. The lowest BCUT2D eigenvalue weighted by molar-refractivity contribution is -0.153. The van der Waals surface area contributed by atoms with E-state index in [1.165, 1.54) is 0 Å². The van der Waals surface area contributed by atoms with Crippen molar-refractivity contribution in [3.8, 4) is 0 Å². The van der Waals surface area contributed by atoms with Crippen molar-refractivity contribution >= 4 is 0 Å². The van der Waals surface area contributed by atoms with Gasteiger partial charge in [-0.15, -0.1) is 0 Å². The molecule has 0 rings (SSSR count). The molecular formula is C5H12O4. The highest BCUT2D eigenvalue weighted by molar-refractivity contribution is 4.41. The fraction of sp³-hybridized carbons (Fsp3) is 1.00. The Morgan fingerprint density at radius 3 is 2.22 bits per heavy atom. The lowest BCUT2D eigenvalue weighted by atomic mass is 10.4. The third-order valence-electron chi connectivity index (χ3n) is 0.772. The molecule has 0 bridgehead atoms. The molecule has 0 aliphatic rings. The first-order valence-electron chi connectivity index (χ1n) is 2.82. The Labute approximate surface area is 53.7 Å². The summed E-state index contributed by atoms with van der Waals surface area (Å²) in [6.07, 6.45) is -2.71. The second kappa shape index (κ2) is 4.69. The van der Waals surface area contributed by atoms with Crippen molar-refractivity contribution in [2.24, 2.45) is 0 Å². The van der Waals surface area contributed by atoms with Crippen LogP contribution in [0.3, 0.4) is 0 Å². The average Bonchev–Trinajstić information content (AvgIpc) is 1.63. The van der Waals surface area contributed by atoms with E-state index in [1.54, 1.807) is 6.92 Å². The minimum Gasteiger partial charge on any atom is -0.368 e. The van der Waals surface area contributed by atoms with Crippen LogP contribution in [0.25, 0.3) is 0 Å². The third-order valence-corrected chi connectivity index (χ3v) is 0.772. The zero-order valence-corrected chi connectivity index (χ0v) is 5.32. The molecule has 0 heterocycles. The van der Waals surface area contributed by atoms with Gasteiger partial charge in [0.15, 0.2) is 12.6 Å². The van der Waals surface area contributed by atoms with Gasteiger partial charge in [-0.3, -0.25) is 0 Å². The zero-order chi connectivity index (χ0) is 7.28. The fourth-order valence-corrected chi connectivity index (χ4v) is 0.441. The van der Waals surface area contributed by atoms with Crippen molar-refractivity contribution < 1.29 is 20.1 Å².